The molecule has 0 saturated heterocycles. The van der Waals surface area contributed by atoms with E-state index in [9.17, 15) is 22.0 Å². The molecule has 2 rings (SSSR count). The predicted octanol–water partition coefficient (Wildman–Crippen LogP) is 2.99. The van der Waals surface area contributed by atoms with Gasteiger partial charge in [0.2, 0.25) is 0 Å². The van der Waals surface area contributed by atoms with Crippen LogP contribution in [-0.2, 0) is 0 Å². The maximum atomic E-state index is 12.7. The van der Waals surface area contributed by atoms with Crippen LogP contribution >= 0.6 is 12.4 Å². The highest BCUT2D eigenvalue weighted by Gasteiger charge is 2.48. The normalized spacial score (nSPS) is 18.1. The number of alkyl halides is 5. The Kier molecular flexibility index (Phi) is 3.64. The van der Waals surface area contributed by atoms with Gasteiger partial charge in [0.05, 0.1) is 0 Å². The lowest BCUT2D eigenvalue weighted by molar-refractivity contribution is -0.287. The SMILES string of the molecule is Cl.N[C@@H](c1cccc2c1OC(F)(F)O2)C(F)(F)F. The largest absolute Gasteiger partial charge is 0.586 e. The number of benzene rings is 1. The summed E-state index contributed by atoms with van der Waals surface area (Å²) in [7, 11) is 0. The number of halogens is 6. The second-order valence-corrected chi connectivity index (χ2v) is 3.36. The first-order valence-electron chi connectivity index (χ1n) is 4.42. The fourth-order valence-electron chi connectivity index (χ4n) is 1.41. The molecule has 9 heteroatoms. The van der Waals surface area contributed by atoms with Gasteiger partial charge in [-0.1, -0.05) is 12.1 Å². The summed E-state index contributed by atoms with van der Waals surface area (Å²) >= 11 is 0. The molecule has 0 aromatic heterocycles. The molecule has 0 aliphatic carbocycles. The first-order chi connectivity index (χ1) is 7.71. The van der Waals surface area contributed by atoms with Crippen molar-refractivity contribution >= 4 is 12.4 Å². The van der Waals surface area contributed by atoms with Crippen molar-refractivity contribution in [3.05, 3.63) is 23.8 Å². The van der Waals surface area contributed by atoms with Gasteiger partial charge < -0.3 is 15.2 Å². The summed E-state index contributed by atoms with van der Waals surface area (Å²) in [5.74, 6) is -1.14. The Morgan fingerprint density at radius 2 is 1.78 bits per heavy atom. The zero-order valence-corrected chi connectivity index (χ0v) is 9.32. The third kappa shape index (κ3) is 2.59. The Labute approximate surface area is 104 Å². The summed E-state index contributed by atoms with van der Waals surface area (Å²) in [5.41, 5.74) is 4.34. The van der Waals surface area contributed by atoms with Gasteiger partial charge >= 0.3 is 12.5 Å². The Bertz CT molecular complexity index is 451. The van der Waals surface area contributed by atoms with Crippen molar-refractivity contribution in [1.29, 1.82) is 0 Å². The summed E-state index contributed by atoms with van der Waals surface area (Å²) in [6.07, 6.45) is -8.72. The standard InChI is InChI=1S/C9H6F5NO2.ClH/c10-8(11,12)7(15)4-2-1-3-5-6(4)17-9(13,14)16-5;/h1-3,7H,15H2;1H/t7-;/m0./s1. The van der Waals surface area contributed by atoms with Crippen molar-refractivity contribution in [2.24, 2.45) is 5.73 Å². The smallest absolute Gasteiger partial charge is 0.395 e. The summed E-state index contributed by atoms with van der Waals surface area (Å²) in [4.78, 5) is 0. The van der Waals surface area contributed by atoms with Gasteiger partial charge in [-0.3, -0.25) is 0 Å². The van der Waals surface area contributed by atoms with E-state index in [-0.39, 0.29) is 12.4 Å². The van der Waals surface area contributed by atoms with E-state index in [4.69, 9.17) is 5.73 Å². The molecule has 1 heterocycles. The van der Waals surface area contributed by atoms with Crippen LogP contribution in [0.5, 0.6) is 11.5 Å². The molecular formula is C9H7ClF5NO2. The van der Waals surface area contributed by atoms with E-state index in [2.05, 4.69) is 9.47 Å². The molecule has 1 aromatic carbocycles. The maximum absolute atomic E-state index is 12.7. The summed E-state index contributed by atoms with van der Waals surface area (Å²) in [5, 5.41) is 0. The molecule has 0 unspecified atom stereocenters. The molecule has 1 atom stereocenters. The van der Waals surface area contributed by atoms with Crippen LogP contribution in [0.4, 0.5) is 22.0 Å². The van der Waals surface area contributed by atoms with Crippen molar-refractivity contribution in [2.75, 3.05) is 0 Å². The molecule has 0 spiro atoms. The lowest BCUT2D eigenvalue weighted by atomic mass is 10.1. The van der Waals surface area contributed by atoms with Crippen LogP contribution in [-0.4, -0.2) is 12.5 Å². The van der Waals surface area contributed by atoms with E-state index in [0.717, 1.165) is 18.2 Å². The summed E-state index contributed by atoms with van der Waals surface area (Å²) < 4.78 is 70.6. The molecule has 1 aliphatic heterocycles. The fraction of sp³-hybridized carbons (Fsp3) is 0.333. The van der Waals surface area contributed by atoms with Crippen molar-refractivity contribution in [1.82, 2.24) is 0 Å². The van der Waals surface area contributed by atoms with E-state index in [1.54, 1.807) is 0 Å². The van der Waals surface area contributed by atoms with Gasteiger partial charge in [-0.25, -0.2) is 0 Å². The van der Waals surface area contributed by atoms with Crippen molar-refractivity contribution in [3.63, 3.8) is 0 Å². The summed E-state index contributed by atoms with van der Waals surface area (Å²) in [6.45, 7) is 0. The maximum Gasteiger partial charge on any atom is 0.586 e. The molecule has 0 amide bonds. The van der Waals surface area contributed by atoms with Gasteiger partial charge in [-0.2, -0.15) is 13.2 Å². The molecular weight excluding hydrogens is 285 g/mol. The zero-order valence-electron chi connectivity index (χ0n) is 8.50. The fourth-order valence-corrected chi connectivity index (χ4v) is 1.41. The van der Waals surface area contributed by atoms with Gasteiger partial charge in [0.1, 0.15) is 6.04 Å². The number of fused-ring (bicyclic) bond motifs is 1. The van der Waals surface area contributed by atoms with Crippen LogP contribution in [0.3, 0.4) is 0 Å². The number of hydrogen-bond acceptors (Lipinski definition) is 3. The van der Waals surface area contributed by atoms with Crippen LogP contribution in [0, 0.1) is 0 Å². The summed E-state index contributed by atoms with van der Waals surface area (Å²) in [6, 6.07) is 0.754. The van der Waals surface area contributed by atoms with Crippen molar-refractivity contribution < 1.29 is 31.4 Å². The second kappa shape index (κ2) is 4.43. The third-order valence-corrected chi connectivity index (χ3v) is 2.15. The quantitative estimate of drug-likeness (QED) is 0.809. The molecule has 18 heavy (non-hydrogen) atoms. The number of rotatable bonds is 1. The number of nitrogens with two attached hydrogens (primary N) is 1. The van der Waals surface area contributed by atoms with E-state index >= 15 is 0 Å². The molecule has 0 bridgehead atoms. The van der Waals surface area contributed by atoms with E-state index in [0.29, 0.717) is 0 Å². The highest BCUT2D eigenvalue weighted by atomic mass is 35.5. The monoisotopic (exact) mass is 291 g/mol. The number of ether oxygens (including phenoxy) is 2. The molecule has 0 saturated carbocycles. The molecule has 0 radical (unpaired) electrons. The topological polar surface area (TPSA) is 44.5 Å². The molecule has 3 nitrogen and oxygen atoms in total. The van der Waals surface area contributed by atoms with Crippen molar-refractivity contribution in [2.45, 2.75) is 18.5 Å². The Balaban J connectivity index is 0.00000162. The molecule has 102 valence electrons. The second-order valence-electron chi connectivity index (χ2n) is 3.36. The Hall–Kier alpha value is -1.28. The Morgan fingerprint density at radius 3 is 2.33 bits per heavy atom. The van der Waals surface area contributed by atoms with E-state index in [1.165, 1.54) is 0 Å². The molecule has 1 aliphatic rings. The average molecular weight is 292 g/mol. The highest BCUT2D eigenvalue weighted by molar-refractivity contribution is 5.85. The lowest BCUT2D eigenvalue weighted by Gasteiger charge is -2.17. The van der Waals surface area contributed by atoms with Crippen LogP contribution in [0.2, 0.25) is 0 Å². The minimum Gasteiger partial charge on any atom is -0.395 e. The minimum absolute atomic E-state index is 0. The predicted molar refractivity (Wildman–Crippen MR) is 52.9 cm³/mol. The van der Waals surface area contributed by atoms with Gasteiger partial charge in [0.15, 0.2) is 11.5 Å². The Morgan fingerprint density at radius 1 is 1.17 bits per heavy atom. The first-order valence-corrected chi connectivity index (χ1v) is 4.42. The van der Waals surface area contributed by atoms with Crippen LogP contribution in [0.25, 0.3) is 0 Å². The van der Waals surface area contributed by atoms with Gasteiger partial charge in [0, 0.05) is 5.56 Å². The zero-order chi connectivity index (χ0) is 12.8. The van der Waals surface area contributed by atoms with Crippen molar-refractivity contribution in [3.8, 4) is 11.5 Å². The minimum atomic E-state index is -4.75. The van der Waals surface area contributed by atoms with E-state index < -0.39 is 35.6 Å². The van der Waals surface area contributed by atoms with Crippen LogP contribution in [0.15, 0.2) is 18.2 Å². The van der Waals surface area contributed by atoms with Gasteiger partial charge in [-0.05, 0) is 6.07 Å². The lowest BCUT2D eigenvalue weighted by Crippen LogP contribution is -2.29. The highest BCUT2D eigenvalue weighted by Crippen LogP contribution is 2.47. The molecule has 0 fully saturated rings. The first kappa shape index (κ1) is 14.8. The molecule has 2 N–H and O–H groups in total. The van der Waals surface area contributed by atoms with Crippen LogP contribution in [0.1, 0.15) is 11.6 Å². The van der Waals surface area contributed by atoms with Gasteiger partial charge in [-0.15, -0.1) is 21.2 Å². The number of para-hydroxylation sites is 1. The molecule has 1 aromatic rings. The number of hydrogen-bond donors (Lipinski definition) is 1. The third-order valence-electron chi connectivity index (χ3n) is 2.15. The average Bonchev–Trinajstić information content (AvgIpc) is 2.48. The van der Waals surface area contributed by atoms with E-state index in [1.807, 2.05) is 0 Å². The van der Waals surface area contributed by atoms with Crippen LogP contribution < -0.4 is 15.2 Å². The van der Waals surface area contributed by atoms with Gasteiger partial charge in [0.25, 0.3) is 0 Å².